The maximum Gasteiger partial charge on any atom is 0.359 e. The molecule has 0 fully saturated rings. The fourth-order valence-corrected chi connectivity index (χ4v) is 1.43. The minimum Gasteiger partial charge on any atom is -0.461 e. The summed E-state index contributed by atoms with van der Waals surface area (Å²) in [7, 11) is 0. The zero-order valence-corrected chi connectivity index (χ0v) is 9.36. The van der Waals surface area contributed by atoms with E-state index in [9.17, 15) is 4.79 Å². The van der Waals surface area contributed by atoms with Crippen molar-refractivity contribution in [1.82, 2.24) is 10.2 Å². The van der Waals surface area contributed by atoms with Crippen LogP contribution in [0, 0.1) is 5.92 Å². The van der Waals surface area contributed by atoms with Crippen molar-refractivity contribution in [2.45, 2.75) is 13.8 Å². The molecule has 0 spiro atoms. The summed E-state index contributed by atoms with van der Waals surface area (Å²) in [5, 5.41) is 7.58. The van der Waals surface area contributed by atoms with Gasteiger partial charge >= 0.3 is 5.97 Å². The summed E-state index contributed by atoms with van der Waals surface area (Å²) in [5.41, 5.74) is 1.20. The highest BCUT2D eigenvalue weighted by molar-refractivity contribution is 6.01. The first kappa shape index (κ1) is 10.7. The Bertz CT molecular complexity index is 502. The van der Waals surface area contributed by atoms with E-state index in [0.717, 1.165) is 10.9 Å². The number of carbonyl (C=O) groups excluding carboxylic acids is 1. The van der Waals surface area contributed by atoms with E-state index in [1.807, 2.05) is 38.1 Å². The first-order chi connectivity index (χ1) is 7.68. The smallest absolute Gasteiger partial charge is 0.359 e. The third kappa shape index (κ3) is 2.05. The summed E-state index contributed by atoms with van der Waals surface area (Å²) in [5.74, 6) is -0.0414. The van der Waals surface area contributed by atoms with E-state index >= 15 is 0 Å². The molecule has 2 aromatic rings. The molecular formula is C12H14N2O2. The Hall–Kier alpha value is -1.84. The average Bonchev–Trinajstić information content (AvgIpc) is 2.69. The van der Waals surface area contributed by atoms with Gasteiger partial charge in [0.05, 0.1) is 12.1 Å². The molecule has 4 nitrogen and oxygen atoms in total. The molecule has 0 saturated carbocycles. The molecule has 2 rings (SSSR count). The van der Waals surface area contributed by atoms with Crippen LogP contribution in [0.1, 0.15) is 24.3 Å². The molecule has 84 valence electrons. The van der Waals surface area contributed by atoms with Crippen LogP contribution < -0.4 is 0 Å². The Kier molecular flexibility index (Phi) is 2.90. The van der Waals surface area contributed by atoms with Crippen LogP contribution in [0.2, 0.25) is 0 Å². The molecule has 1 aromatic heterocycles. The van der Waals surface area contributed by atoms with Gasteiger partial charge in [-0.2, -0.15) is 5.10 Å². The molecule has 0 aliphatic rings. The summed E-state index contributed by atoms with van der Waals surface area (Å²) >= 11 is 0. The number of ether oxygens (including phenoxy) is 1. The SMILES string of the molecule is CC(C)COC(=O)c1n[nH]c2ccccc12. The molecule has 1 N–H and O–H groups in total. The number of nitrogens with zero attached hydrogens (tertiary/aromatic N) is 1. The molecular weight excluding hydrogens is 204 g/mol. The van der Waals surface area contributed by atoms with E-state index in [0.29, 0.717) is 18.2 Å². The van der Waals surface area contributed by atoms with E-state index in [1.54, 1.807) is 0 Å². The molecule has 16 heavy (non-hydrogen) atoms. The molecule has 0 bridgehead atoms. The molecule has 0 unspecified atom stereocenters. The molecule has 0 saturated heterocycles. The topological polar surface area (TPSA) is 55.0 Å². The lowest BCUT2D eigenvalue weighted by atomic mass is 10.2. The van der Waals surface area contributed by atoms with E-state index in [4.69, 9.17) is 4.74 Å². The van der Waals surface area contributed by atoms with Crippen LogP contribution in [0.5, 0.6) is 0 Å². The lowest BCUT2D eigenvalue weighted by Crippen LogP contribution is -2.10. The first-order valence-corrected chi connectivity index (χ1v) is 5.28. The van der Waals surface area contributed by atoms with Gasteiger partial charge in [0, 0.05) is 5.39 Å². The number of hydrogen-bond donors (Lipinski definition) is 1. The zero-order chi connectivity index (χ0) is 11.5. The summed E-state index contributed by atoms with van der Waals surface area (Å²) < 4.78 is 5.13. The normalized spacial score (nSPS) is 10.9. The van der Waals surface area contributed by atoms with Crippen LogP contribution in [0.4, 0.5) is 0 Å². The predicted octanol–water partition coefficient (Wildman–Crippen LogP) is 2.38. The fraction of sp³-hybridized carbons (Fsp3) is 0.333. The van der Waals surface area contributed by atoms with Crippen LogP contribution in [0.25, 0.3) is 10.9 Å². The van der Waals surface area contributed by atoms with Gasteiger partial charge in [-0.05, 0) is 12.0 Å². The first-order valence-electron chi connectivity index (χ1n) is 5.28. The molecule has 0 atom stereocenters. The number of rotatable bonds is 3. The lowest BCUT2D eigenvalue weighted by Gasteiger charge is -2.05. The minimum absolute atomic E-state index is 0.328. The highest BCUT2D eigenvalue weighted by Crippen LogP contribution is 2.15. The predicted molar refractivity (Wildman–Crippen MR) is 61.2 cm³/mol. The maximum absolute atomic E-state index is 11.7. The molecule has 1 aromatic carbocycles. The largest absolute Gasteiger partial charge is 0.461 e. The molecule has 4 heteroatoms. The summed E-state index contributed by atoms with van der Waals surface area (Å²) in [6.45, 7) is 4.41. The number of aromatic amines is 1. The van der Waals surface area contributed by atoms with Crippen molar-refractivity contribution >= 4 is 16.9 Å². The van der Waals surface area contributed by atoms with Crippen LogP contribution in [0.3, 0.4) is 0 Å². The zero-order valence-electron chi connectivity index (χ0n) is 9.36. The number of aromatic nitrogens is 2. The number of fused-ring (bicyclic) bond motifs is 1. The third-order valence-corrected chi connectivity index (χ3v) is 2.21. The third-order valence-electron chi connectivity index (χ3n) is 2.21. The quantitative estimate of drug-likeness (QED) is 0.805. The van der Waals surface area contributed by atoms with Gasteiger partial charge in [0.1, 0.15) is 0 Å². The van der Waals surface area contributed by atoms with Crippen LogP contribution in [-0.4, -0.2) is 22.8 Å². The Labute approximate surface area is 93.6 Å². The van der Waals surface area contributed by atoms with Gasteiger partial charge in [0.25, 0.3) is 0 Å². The van der Waals surface area contributed by atoms with Crippen molar-refractivity contribution in [1.29, 1.82) is 0 Å². The summed E-state index contributed by atoms with van der Waals surface area (Å²) in [6.07, 6.45) is 0. The van der Waals surface area contributed by atoms with Gasteiger partial charge in [-0.15, -0.1) is 0 Å². The van der Waals surface area contributed by atoms with Gasteiger partial charge in [0.15, 0.2) is 5.69 Å². The number of benzene rings is 1. The van der Waals surface area contributed by atoms with Crippen molar-refractivity contribution in [3.63, 3.8) is 0 Å². The molecule has 0 radical (unpaired) electrons. The average molecular weight is 218 g/mol. The van der Waals surface area contributed by atoms with Gasteiger partial charge in [-0.1, -0.05) is 32.0 Å². The van der Waals surface area contributed by atoms with Crippen molar-refractivity contribution in [2.24, 2.45) is 5.92 Å². The van der Waals surface area contributed by atoms with Gasteiger partial charge in [0.2, 0.25) is 0 Å². The second-order valence-electron chi connectivity index (χ2n) is 4.11. The number of hydrogen-bond acceptors (Lipinski definition) is 3. The second-order valence-corrected chi connectivity index (χ2v) is 4.11. The Morgan fingerprint density at radius 3 is 2.94 bits per heavy atom. The Morgan fingerprint density at radius 2 is 2.19 bits per heavy atom. The van der Waals surface area contributed by atoms with Crippen molar-refractivity contribution in [2.75, 3.05) is 6.61 Å². The fourth-order valence-electron chi connectivity index (χ4n) is 1.43. The molecule has 0 aliphatic carbocycles. The van der Waals surface area contributed by atoms with E-state index in [-0.39, 0.29) is 5.97 Å². The van der Waals surface area contributed by atoms with Gasteiger partial charge in [-0.25, -0.2) is 4.79 Å². The summed E-state index contributed by atoms with van der Waals surface area (Å²) in [6, 6.07) is 7.49. The summed E-state index contributed by atoms with van der Waals surface area (Å²) in [4.78, 5) is 11.7. The Balaban J connectivity index is 2.23. The van der Waals surface area contributed by atoms with Crippen LogP contribution >= 0.6 is 0 Å². The molecule has 1 heterocycles. The second kappa shape index (κ2) is 4.35. The monoisotopic (exact) mass is 218 g/mol. The van der Waals surface area contributed by atoms with Crippen molar-refractivity contribution < 1.29 is 9.53 Å². The van der Waals surface area contributed by atoms with E-state index in [2.05, 4.69) is 10.2 Å². The Morgan fingerprint density at radius 1 is 1.44 bits per heavy atom. The van der Waals surface area contributed by atoms with Crippen molar-refractivity contribution in [3.8, 4) is 0 Å². The number of para-hydroxylation sites is 1. The lowest BCUT2D eigenvalue weighted by molar-refractivity contribution is 0.0454. The minimum atomic E-state index is -0.369. The van der Waals surface area contributed by atoms with Gasteiger partial charge in [-0.3, -0.25) is 5.10 Å². The van der Waals surface area contributed by atoms with E-state index < -0.39 is 0 Å². The number of carbonyl (C=O) groups is 1. The standard InChI is InChI=1S/C12H14N2O2/c1-8(2)7-16-12(15)11-9-5-3-4-6-10(9)13-14-11/h3-6,8H,7H2,1-2H3,(H,13,14). The van der Waals surface area contributed by atoms with Crippen molar-refractivity contribution in [3.05, 3.63) is 30.0 Å². The highest BCUT2D eigenvalue weighted by atomic mass is 16.5. The molecule has 0 aliphatic heterocycles. The maximum atomic E-state index is 11.7. The number of esters is 1. The van der Waals surface area contributed by atoms with Gasteiger partial charge < -0.3 is 4.74 Å². The number of nitrogens with one attached hydrogen (secondary N) is 1. The number of H-pyrrole nitrogens is 1. The highest BCUT2D eigenvalue weighted by Gasteiger charge is 2.15. The molecule has 0 amide bonds. The van der Waals surface area contributed by atoms with E-state index in [1.165, 1.54) is 0 Å². The van der Waals surface area contributed by atoms with Crippen LogP contribution in [-0.2, 0) is 4.74 Å². The van der Waals surface area contributed by atoms with Crippen LogP contribution in [0.15, 0.2) is 24.3 Å².